The van der Waals surface area contributed by atoms with Gasteiger partial charge in [-0.3, -0.25) is 4.90 Å². The molecule has 3 heteroatoms. The first-order valence-corrected chi connectivity index (χ1v) is 11.2. The molecule has 27 heavy (non-hydrogen) atoms. The Morgan fingerprint density at radius 2 is 1.67 bits per heavy atom. The van der Waals surface area contributed by atoms with Gasteiger partial charge in [0.2, 0.25) is 0 Å². The van der Waals surface area contributed by atoms with Crippen LogP contribution in [0.2, 0.25) is 0 Å². The zero-order valence-corrected chi connectivity index (χ0v) is 17.9. The monoisotopic (exact) mass is 424 g/mol. The summed E-state index contributed by atoms with van der Waals surface area (Å²) in [7, 11) is 4.49. The van der Waals surface area contributed by atoms with Crippen LogP contribution in [-0.4, -0.2) is 29.3 Å². The van der Waals surface area contributed by atoms with Crippen molar-refractivity contribution in [1.29, 1.82) is 0 Å². The van der Waals surface area contributed by atoms with Gasteiger partial charge in [0.15, 0.2) is 0 Å². The van der Waals surface area contributed by atoms with Crippen molar-refractivity contribution in [2.45, 2.75) is 43.6 Å². The molecule has 0 radical (unpaired) electrons. The number of alkyl halides is 1. The third kappa shape index (κ3) is 3.36. The Kier molecular flexibility index (Phi) is 5.43. The summed E-state index contributed by atoms with van der Waals surface area (Å²) >= 11 is 3.66. The maximum atomic E-state index is 3.78. The van der Waals surface area contributed by atoms with Crippen LogP contribution in [0.1, 0.15) is 48.4 Å². The van der Waals surface area contributed by atoms with E-state index in [0.29, 0.717) is 5.92 Å². The fourth-order valence-electron chi connectivity index (χ4n) is 5.06. The number of fused-ring (bicyclic) bond motifs is 1. The van der Waals surface area contributed by atoms with E-state index in [0.717, 1.165) is 11.8 Å². The van der Waals surface area contributed by atoms with Gasteiger partial charge in [-0.25, -0.2) is 0 Å². The van der Waals surface area contributed by atoms with E-state index in [4.69, 9.17) is 0 Å². The van der Waals surface area contributed by atoms with Crippen molar-refractivity contribution in [2.24, 2.45) is 0 Å². The Bertz CT molecular complexity index is 889. The summed E-state index contributed by atoms with van der Waals surface area (Å²) in [5.74, 6) is 0.628. The number of hydrogen-bond acceptors (Lipinski definition) is 1. The third-order valence-corrected chi connectivity index (χ3v) is 6.98. The molecule has 2 aromatic carbocycles. The van der Waals surface area contributed by atoms with Crippen LogP contribution >= 0.6 is 15.9 Å². The fraction of sp³-hybridized carbons (Fsp3) is 0.417. The van der Waals surface area contributed by atoms with Gasteiger partial charge in [-0.1, -0.05) is 64.5 Å². The first kappa shape index (κ1) is 18.8. The molecule has 1 heterocycles. The summed E-state index contributed by atoms with van der Waals surface area (Å²) in [6.45, 7) is 0. The van der Waals surface area contributed by atoms with Gasteiger partial charge in [0.1, 0.15) is 0 Å². The van der Waals surface area contributed by atoms with Crippen molar-refractivity contribution in [3.63, 3.8) is 0 Å². The lowest BCUT2D eigenvalue weighted by molar-refractivity contribution is 0.0903. The molecule has 4 rings (SSSR count). The molecule has 1 aliphatic rings. The van der Waals surface area contributed by atoms with Crippen molar-refractivity contribution in [2.75, 3.05) is 19.4 Å². The summed E-state index contributed by atoms with van der Waals surface area (Å²) in [5.41, 5.74) is 5.92. The van der Waals surface area contributed by atoms with Crippen molar-refractivity contribution in [3.05, 3.63) is 71.4 Å². The van der Waals surface area contributed by atoms with E-state index in [9.17, 15) is 0 Å². The van der Waals surface area contributed by atoms with Gasteiger partial charge in [-0.15, -0.1) is 0 Å². The van der Waals surface area contributed by atoms with Crippen LogP contribution in [0.25, 0.3) is 10.9 Å². The SMILES string of the molecule is CN(C)C1(c2ccccc2)CCC(c2[nH]c3ccccc3c2CCBr)CC1. The van der Waals surface area contributed by atoms with Gasteiger partial charge >= 0.3 is 0 Å². The minimum atomic E-state index is 0.166. The van der Waals surface area contributed by atoms with Crippen molar-refractivity contribution in [3.8, 4) is 0 Å². The van der Waals surface area contributed by atoms with Crippen molar-refractivity contribution in [1.82, 2.24) is 9.88 Å². The third-order valence-electron chi connectivity index (χ3n) is 6.58. The molecule has 0 spiro atoms. The highest BCUT2D eigenvalue weighted by atomic mass is 79.9. The van der Waals surface area contributed by atoms with Gasteiger partial charge in [-0.05, 0) is 69.3 Å². The molecule has 2 nitrogen and oxygen atoms in total. The quantitative estimate of drug-likeness (QED) is 0.481. The van der Waals surface area contributed by atoms with Gasteiger partial charge in [-0.2, -0.15) is 0 Å². The Morgan fingerprint density at radius 3 is 2.33 bits per heavy atom. The number of halogens is 1. The van der Waals surface area contributed by atoms with E-state index in [1.807, 2.05) is 0 Å². The number of nitrogens with zero attached hydrogens (tertiary/aromatic N) is 1. The standard InChI is InChI=1S/C24H29BrN2/c1-27(2)24(19-8-4-3-5-9-19)15-12-18(13-16-24)23-21(14-17-25)20-10-6-7-11-22(20)26-23/h3-11,18,26H,12-17H2,1-2H3. The van der Waals surface area contributed by atoms with Crippen molar-refractivity contribution < 1.29 is 0 Å². The fourth-order valence-corrected chi connectivity index (χ4v) is 5.46. The van der Waals surface area contributed by atoms with Crippen LogP contribution in [0.5, 0.6) is 0 Å². The van der Waals surface area contributed by atoms with Crippen LogP contribution in [0.3, 0.4) is 0 Å². The maximum Gasteiger partial charge on any atom is 0.0459 e. The molecule has 1 N–H and O–H groups in total. The number of hydrogen-bond donors (Lipinski definition) is 1. The van der Waals surface area contributed by atoms with Crippen LogP contribution in [0.15, 0.2) is 54.6 Å². The number of para-hydroxylation sites is 1. The minimum absolute atomic E-state index is 0.166. The van der Waals surface area contributed by atoms with Crippen LogP contribution in [0, 0.1) is 0 Å². The summed E-state index contributed by atoms with van der Waals surface area (Å²) in [4.78, 5) is 6.23. The largest absolute Gasteiger partial charge is 0.358 e. The Hall–Kier alpha value is -1.58. The van der Waals surface area contributed by atoms with E-state index in [1.54, 1.807) is 0 Å². The average Bonchev–Trinajstić information content (AvgIpc) is 3.07. The van der Waals surface area contributed by atoms with Crippen molar-refractivity contribution >= 4 is 26.8 Å². The minimum Gasteiger partial charge on any atom is -0.358 e. The van der Waals surface area contributed by atoms with Gasteiger partial charge in [0.25, 0.3) is 0 Å². The molecule has 0 saturated heterocycles. The summed E-state index contributed by atoms with van der Waals surface area (Å²) < 4.78 is 0. The summed E-state index contributed by atoms with van der Waals surface area (Å²) in [6.07, 6.45) is 5.97. The molecule has 1 saturated carbocycles. The molecule has 1 fully saturated rings. The molecular formula is C24H29BrN2. The lowest BCUT2D eigenvalue weighted by Gasteiger charge is -2.45. The molecule has 1 aliphatic carbocycles. The number of aromatic amines is 1. The van der Waals surface area contributed by atoms with E-state index in [-0.39, 0.29) is 5.54 Å². The van der Waals surface area contributed by atoms with Crippen LogP contribution in [0.4, 0.5) is 0 Å². The highest BCUT2D eigenvalue weighted by Crippen LogP contribution is 2.47. The molecule has 0 aliphatic heterocycles. The Balaban J connectivity index is 1.64. The molecule has 0 bridgehead atoms. The Labute approximate surface area is 171 Å². The van der Waals surface area contributed by atoms with E-state index < -0.39 is 0 Å². The summed E-state index contributed by atoms with van der Waals surface area (Å²) in [5, 5.41) is 2.42. The molecule has 1 aromatic heterocycles. The maximum absolute atomic E-state index is 3.78. The van der Waals surface area contributed by atoms with Crippen LogP contribution < -0.4 is 0 Å². The number of benzene rings is 2. The second-order valence-electron chi connectivity index (χ2n) is 8.07. The van der Waals surface area contributed by atoms with Crippen LogP contribution in [-0.2, 0) is 12.0 Å². The number of H-pyrrole nitrogens is 1. The number of aromatic nitrogens is 1. The highest BCUT2D eigenvalue weighted by Gasteiger charge is 2.39. The zero-order chi connectivity index (χ0) is 18.9. The molecule has 142 valence electrons. The first-order chi connectivity index (χ1) is 13.2. The van der Waals surface area contributed by atoms with E-state index in [2.05, 4.69) is 94.5 Å². The smallest absolute Gasteiger partial charge is 0.0459 e. The lowest BCUT2D eigenvalue weighted by Crippen LogP contribution is -2.44. The molecular weight excluding hydrogens is 396 g/mol. The number of nitrogens with one attached hydrogen (secondary N) is 1. The normalized spacial score (nSPS) is 23.2. The predicted molar refractivity (Wildman–Crippen MR) is 119 cm³/mol. The zero-order valence-electron chi connectivity index (χ0n) is 16.3. The second-order valence-corrected chi connectivity index (χ2v) is 8.86. The predicted octanol–water partition coefficient (Wildman–Crippen LogP) is 6.22. The Morgan fingerprint density at radius 1 is 1.00 bits per heavy atom. The topological polar surface area (TPSA) is 19.0 Å². The second kappa shape index (κ2) is 7.81. The first-order valence-electron chi connectivity index (χ1n) is 10.0. The number of rotatable bonds is 5. The average molecular weight is 425 g/mol. The molecule has 3 aromatic rings. The van der Waals surface area contributed by atoms with Gasteiger partial charge in [0.05, 0.1) is 0 Å². The molecule has 0 atom stereocenters. The van der Waals surface area contributed by atoms with E-state index >= 15 is 0 Å². The molecule has 0 unspecified atom stereocenters. The van der Waals surface area contributed by atoms with Gasteiger partial charge in [0, 0.05) is 27.5 Å². The lowest BCUT2D eigenvalue weighted by atomic mass is 9.70. The highest BCUT2D eigenvalue weighted by molar-refractivity contribution is 9.09. The summed E-state index contributed by atoms with van der Waals surface area (Å²) in [6, 6.07) is 19.9. The number of aryl methyl sites for hydroxylation is 1. The molecule has 0 amide bonds. The van der Waals surface area contributed by atoms with Gasteiger partial charge < -0.3 is 4.98 Å². The van der Waals surface area contributed by atoms with E-state index in [1.165, 1.54) is 53.4 Å².